The lowest BCUT2D eigenvalue weighted by molar-refractivity contribution is 0.0640. The number of hydrogen-bond acceptors (Lipinski definition) is 6. The number of nitrogens with zero attached hydrogens (tertiary/aromatic N) is 6. The highest BCUT2D eigenvalue weighted by Crippen LogP contribution is 2.29. The van der Waals surface area contributed by atoms with Crippen molar-refractivity contribution in [3.8, 4) is 23.1 Å². The quantitative estimate of drug-likeness (QED) is 0.363. The van der Waals surface area contributed by atoms with Gasteiger partial charge in [-0.25, -0.2) is 14.4 Å². The molecule has 1 unspecified atom stereocenters. The second kappa shape index (κ2) is 10.7. The Labute approximate surface area is 217 Å². The number of amides is 1. The van der Waals surface area contributed by atoms with Crippen LogP contribution in [0.4, 0.5) is 4.39 Å². The third-order valence-corrected chi connectivity index (χ3v) is 7.51. The fourth-order valence-electron chi connectivity index (χ4n) is 4.57. The minimum Gasteiger partial charge on any atom is -0.612 e. The zero-order valence-electron chi connectivity index (χ0n) is 20.3. The predicted molar refractivity (Wildman–Crippen MR) is 139 cm³/mol. The molecule has 1 aliphatic rings. The lowest BCUT2D eigenvalue weighted by Gasteiger charge is -2.34. The van der Waals surface area contributed by atoms with E-state index in [2.05, 4.69) is 20.9 Å². The third-order valence-electron chi connectivity index (χ3n) is 6.56. The summed E-state index contributed by atoms with van der Waals surface area (Å²) in [5.41, 5.74) is 2.14. The zero-order chi connectivity index (χ0) is 25.9. The molecule has 1 fully saturated rings. The van der Waals surface area contributed by atoms with Gasteiger partial charge in [-0.2, -0.15) is 5.26 Å². The highest BCUT2D eigenvalue weighted by molar-refractivity contribution is 7.91. The monoisotopic (exact) mass is 516 g/mol. The fourth-order valence-corrected chi connectivity index (χ4v) is 5.30. The molecule has 5 rings (SSSR count). The van der Waals surface area contributed by atoms with Crippen LogP contribution in [0.5, 0.6) is 0 Å². The van der Waals surface area contributed by atoms with Gasteiger partial charge in [-0.15, -0.1) is 0 Å². The normalized spacial score (nSPS) is 15.0. The smallest absolute Gasteiger partial charge is 0.254 e. The van der Waals surface area contributed by atoms with Crippen LogP contribution in [0.15, 0.2) is 66.0 Å². The van der Waals surface area contributed by atoms with Crippen molar-refractivity contribution in [3.63, 3.8) is 0 Å². The van der Waals surface area contributed by atoms with Crippen molar-refractivity contribution in [2.75, 3.05) is 39.0 Å². The number of halogens is 1. The summed E-state index contributed by atoms with van der Waals surface area (Å²) in [6.45, 7) is 3.35. The molecule has 1 atom stereocenters. The molecule has 3 heterocycles. The van der Waals surface area contributed by atoms with Crippen molar-refractivity contribution in [2.45, 2.75) is 11.3 Å². The van der Waals surface area contributed by atoms with Crippen molar-refractivity contribution in [3.05, 3.63) is 72.4 Å². The van der Waals surface area contributed by atoms with Crippen LogP contribution < -0.4 is 0 Å². The van der Waals surface area contributed by atoms with Gasteiger partial charge in [0.05, 0.1) is 23.2 Å². The van der Waals surface area contributed by atoms with Gasteiger partial charge >= 0.3 is 0 Å². The first kappa shape index (κ1) is 24.9. The van der Waals surface area contributed by atoms with Crippen LogP contribution in [-0.2, 0) is 11.2 Å². The minimum absolute atomic E-state index is 0.0791. The maximum Gasteiger partial charge on any atom is 0.254 e. The summed E-state index contributed by atoms with van der Waals surface area (Å²) in [5.74, 6) is -0.106. The van der Waals surface area contributed by atoms with Gasteiger partial charge in [0.2, 0.25) is 5.95 Å². The summed E-state index contributed by atoms with van der Waals surface area (Å²) in [7, 11) is 0. The average Bonchev–Trinajstić information content (AvgIpc) is 3.31. The van der Waals surface area contributed by atoms with Crippen LogP contribution in [0, 0.1) is 17.1 Å². The molecule has 0 spiro atoms. The van der Waals surface area contributed by atoms with E-state index < -0.39 is 11.2 Å². The van der Waals surface area contributed by atoms with E-state index in [1.807, 2.05) is 11.0 Å². The Hall–Kier alpha value is -3.78. The number of benzene rings is 2. The lowest BCUT2D eigenvalue weighted by atomic mass is 10.1. The first-order chi connectivity index (χ1) is 18.0. The summed E-state index contributed by atoms with van der Waals surface area (Å²) < 4.78 is 28.4. The van der Waals surface area contributed by atoms with Crippen molar-refractivity contribution in [2.24, 2.45) is 0 Å². The molecule has 2 aromatic carbocycles. The van der Waals surface area contributed by atoms with E-state index in [9.17, 15) is 13.7 Å². The second-order valence-electron chi connectivity index (χ2n) is 8.84. The molecule has 0 bridgehead atoms. The summed E-state index contributed by atoms with van der Waals surface area (Å²) in [6, 6.07) is 13.9. The Morgan fingerprint density at radius 1 is 1.14 bits per heavy atom. The van der Waals surface area contributed by atoms with Gasteiger partial charge in [-0.1, -0.05) is 18.2 Å². The van der Waals surface area contributed by atoms with Crippen molar-refractivity contribution < 1.29 is 13.7 Å². The third kappa shape index (κ3) is 5.06. The second-order valence-corrected chi connectivity index (χ2v) is 10.2. The van der Waals surface area contributed by atoms with Crippen molar-refractivity contribution in [1.29, 1.82) is 5.26 Å². The Morgan fingerprint density at radius 3 is 2.54 bits per heavy atom. The molecule has 1 amide bonds. The summed E-state index contributed by atoms with van der Waals surface area (Å²) in [6.07, 6.45) is 6.91. The zero-order valence-corrected chi connectivity index (χ0v) is 21.1. The van der Waals surface area contributed by atoms with Crippen LogP contribution in [0.3, 0.4) is 0 Å². The highest BCUT2D eigenvalue weighted by Gasteiger charge is 2.24. The number of nitriles is 1. The first-order valence-electron chi connectivity index (χ1n) is 11.9. The maximum absolute atomic E-state index is 14.2. The number of carbonyl (C=O) groups excluding carboxylic acids is 1. The van der Waals surface area contributed by atoms with Crippen LogP contribution in [0.25, 0.3) is 28.0 Å². The molecular formula is C27H25FN6O2S. The number of fused-ring (bicyclic) bond motifs is 1. The van der Waals surface area contributed by atoms with Crippen molar-refractivity contribution >= 4 is 28.0 Å². The van der Waals surface area contributed by atoms with Gasteiger partial charge in [0.25, 0.3) is 5.91 Å². The van der Waals surface area contributed by atoms with E-state index in [-0.39, 0.29) is 11.7 Å². The molecule has 10 heteroatoms. The molecule has 0 saturated carbocycles. The Morgan fingerprint density at radius 2 is 1.86 bits per heavy atom. The van der Waals surface area contributed by atoms with Gasteiger partial charge in [-0.05, 0) is 35.4 Å². The largest absolute Gasteiger partial charge is 0.612 e. The Bertz CT molecular complexity index is 1470. The SMILES string of the molecule is C[S+]([O-])c1cn(-c2ncc(-c3ccccc3F)cn2)c2cc(C(=O)N3CCN(CCC#N)CC3)ccc12. The molecule has 1 aliphatic heterocycles. The number of aromatic nitrogens is 3. The summed E-state index contributed by atoms with van der Waals surface area (Å²) in [5, 5.41) is 9.55. The van der Waals surface area contributed by atoms with Crippen LogP contribution in [0.2, 0.25) is 0 Å². The summed E-state index contributed by atoms with van der Waals surface area (Å²) in [4.78, 5) is 26.8. The fraction of sp³-hybridized carbons (Fsp3) is 0.259. The molecule has 0 aliphatic carbocycles. The molecule has 8 nitrogen and oxygen atoms in total. The molecule has 1 saturated heterocycles. The highest BCUT2D eigenvalue weighted by atomic mass is 32.2. The van der Waals surface area contributed by atoms with E-state index in [4.69, 9.17) is 5.26 Å². The minimum atomic E-state index is -1.27. The van der Waals surface area contributed by atoms with E-state index in [0.29, 0.717) is 59.1 Å². The molecule has 0 N–H and O–H groups in total. The number of piperazine rings is 1. The molecule has 4 aromatic rings. The molecular weight excluding hydrogens is 491 g/mol. The van der Waals surface area contributed by atoms with Crippen LogP contribution in [-0.4, -0.2) is 73.8 Å². The molecule has 188 valence electrons. The van der Waals surface area contributed by atoms with Gasteiger partial charge in [-0.3, -0.25) is 14.3 Å². The summed E-state index contributed by atoms with van der Waals surface area (Å²) >= 11 is -1.27. The van der Waals surface area contributed by atoms with Gasteiger partial charge in [0, 0.05) is 68.2 Å². The Balaban J connectivity index is 1.45. The van der Waals surface area contributed by atoms with Gasteiger partial charge < -0.3 is 9.45 Å². The number of rotatable bonds is 6. The van der Waals surface area contributed by atoms with E-state index in [0.717, 1.165) is 18.5 Å². The first-order valence-corrected chi connectivity index (χ1v) is 13.5. The standard InChI is InChI=1S/C27H25FN6O2S/c1-37(36)25-18-34(27-30-16-20(17-31-27)21-5-2-3-6-23(21)28)24-15-19(7-8-22(24)25)26(35)33-13-11-32(12-14-33)10-4-9-29/h2-3,5-8,15-18H,4,10-14H2,1H3. The predicted octanol–water partition coefficient (Wildman–Crippen LogP) is 3.64. The Kier molecular flexibility index (Phi) is 7.19. The lowest BCUT2D eigenvalue weighted by Crippen LogP contribution is -2.48. The van der Waals surface area contributed by atoms with Gasteiger partial charge in [0.1, 0.15) is 12.1 Å². The van der Waals surface area contributed by atoms with Crippen LogP contribution >= 0.6 is 0 Å². The molecule has 37 heavy (non-hydrogen) atoms. The van der Waals surface area contributed by atoms with E-state index in [1.54, 1.807) is 59.7 Å². The van der Waals surface area contributed by atoms with E-state index >= 15 is 0 Å². The van der Waals surface area contributed by atoms with Gasteiger partial charge in [0.15, 0.2) is 4.90 Å². The molecule has 2 aromatic heterocycles. The topological polar surface area (TPSA) is 101 Å². The molecule has 0 radical (unpaired) electrons. The average molecular weight is 517 g/mol. The maximum atomic E-state index is 14.2. The van der Waals surface area contributed by atoms with E-state index in [1.165, 1.54) is 6.07 Å². The van der Waals surface area contributed by atoms with Crippen molar-refractivity contribution in [1.82, 2.24) is 24.3 Å². The number of hydrogen-bond donors (Lipinski definition) is 0. The number of carbonyl (C=O) groups is 1. The van der Waals surface area contributed by atoms with Crippen LogP contribution in [0.1, 0.15) is 16.8 Å².